The van der Waals surface area contributed by atoms with E-state index < -0.39 is 41.8 Å². The Morgan fingerprint density at radius 1 is 1.28 bits per heavy atom. The van der Waals surface area contributed by atoms with E-state index in [9.17, 15) is 24.0 Å². The molecule has 29 heavy (non-hydrogen) atoms. The number of fused-ring (bicyclic) bond motifs is 1. The monoisotopic (exact) mass is 398 g/mol. The molecule has 1 aromatic carbocycles. The van der Waals surface area contributed by atoms with Gasteiger partial charge in [0.05, 0.1) is 18.7 Å². The Morgan fingerprint density at radius 3 is 2.66 bits per heavy atom. The number of anilines is 1. The molecule has 10 nitrogen and oxygen atoms in total. The van der Waals surface area contributed by atoms with Gasteiger partial charge in [0.2, 0.25) is 5.91 Å². The Balaban J connectivity index is 1.82. The lowest BCUT2D eigenvalue weighted by Gasteiger charge is -2.17. The first kappa shape index (κ1) is 19.9. The van der Waals surface area contributed by atoms with Crippen LogP contribution in [0.4, 0.5) is 5.69 Å². The van der Waals surface area contributed by atoms with Crippen LogP contribution in [-0.4, -0.2) is 44.8 Å². The Hall–Kier alpha value is -3.82. The topological polar surface area (TPSA) is 147 Å². The molecule has 2 heterocycles. The first-order valence-corrected chi connectivity index (χ1v) is 8.85. The third-order valence-corrected chi connectivity index (χ3v) is 4.50. The molecule has 0 aliphatic carbocycles. The van der Waals surface area contributed by atoms with Crippen molar-refractivity contribution in [1.29, 1.82) is 0 Å². The van der Waals surface area contributed by atoms with Crippen LogP contribution in [-0.2, 0) is 20.8 Å². The summed E-state index contributed by atoms with van der Waals surface area (Å²) in [7, 11) is 0. The van der Waals surface area contributed by atoms with Crippen molar-refractivity contribution in [1.82, 2.24) is 14.9 Å². The predicted octanol–water partition coefficient (Wildman–Crippen LogP) is 0.141. The Labute approximate surface area is 164 Å². The van der Waals surface area contributed by atoms with Gasteiger partial charge in [-0.2, -0.15) is 0 Å². The highest BCUT2D eigenvalue weighted by Crippen LogP contribution is 2.23. The van der Waals surface area contributed by atoms with Crippen LogP contribution in [0.25, 0.3) is 0 Å². The number of hydrogen-bond donors (Lipinski definition) is 3. The van der Waals surface area contributed by atoms with E-state index in [1.807, 2.05) is 0 Å². The average molecular weight is 398 g/mol. The predicted molar refractivity (Wildman–Crippen MR) is 100 cm³/mol. The van der Waals surface area contributed by atoms with Gasteiger partial charge in [-0.25, -0.2) is 4.98 Å². The minimum absolute atomic E-state index is 0.0835. The summed E-state index contributed by atoms with van der Waals surface area (Å²) >= 11 is 0. The smallest absolute Gasteiger partial charge is 0.305 e. The number of carbonyl (C=O) groups excluding carboxylic acids is 3. The number of aliphatic carboxylic acids is 1. The molecule has 2 aromatic rings. The highest BCUT2D eigenvalue weighted by Gasteiger charge is 2.32. The van der Waals surface area contributed by atoms with Gasteiger partial charge in [0.1, 0.15) is 23.8 Å². The van der Waals surface area contributed by atoms with E-state index in [1.54, 1.807) is 30.3 Å². The maximum atomic E-state index is 12.8. The number of aryl methyl sites for hydroxylation is 1. The number of carbonyl (C=O) groups is 4. The molecule has 10 heteroatoms. The zero-order valence-corrected chi connectivity index (χ0v) is 15.2. The molecule has 1 aromatic heterocycles. The molecule has 0 saturated heterocycles. The van der Waals surface area contributed by atoms with E-state index in [1.165, 1.54) is 10.8 Å². The van der Waals surface area contributed by atoms with Crippen LogP contribution in [0.15, 0.2) is 41.3 Å². The van der Waals surface area contributed by atoms with Crippen molar-refractivity contribution in [3.05, 3.63) is 58.3 Å². The van der Waals surface area contributed by atoms with Gasteiger partial charge >= 0.3 is 5.97 Å². The highest BCUT2D eigenvalue weighted by atomic mass is 16.4. The molecule has 150 valence electrons. The lowest BCUT2D eigenvalue weighted by molar-refractivity contribution is -0.139. The quantitative estimate of drug-likeness (QED) is 0.562. The van der Waals surface area contributed by atoms with Gasteiger partial charge in [0, 0.05) is 12.0 Å². The Morgan fingerprint density at radius 2 is 2.00 bits per heavy atom. The van der Waals surface area contributed by atoms with Crippen LogP contribution in [0.2, 0.25) is 0 Å². The van der Waals surface area contributed by atoms with Crippen LogP contribution in [0.5, 0.6) is 0 Å². The van der Waals surface area contributed by atoms with Crippen molar-refractivity contribution < 1.29 is 24.3 Å². The van der Waals surface area contributed by atoms with Crippen molar-refractivity contribution in [2.24, 2.45) is 0 Å². The van der Waals surface area contributed by atoms with Crippen molar-refractivity contribution in [3.8, 4) is 0 Å². The van der Waals surface area contributed by atoms with Gasteiger partial charge in [-0.1, -0.05) is 18.2 Å². The molecule has 2 amide bonds. The molecule has 0 radical (unpaired) electrons. The molecule has 1 aliphatic heterocycles. The number of aromatic nitrogens is 2. The summed E-state index contributed by atoms with van der Waals surface area (Å²) in [5.74, 6) is -2.02. The lowest BCUT2D eigenvalue weighted by atomic mass is 10.1. The van der Waals surface area contributed by atoms with Crippen molar-refractivity contribution >= 4 is 29.8 Å². The second kappa shape index (κ2) is 8.46. The summed E-state index contributed by atoms with van der Waals surface area (Å²) in [4.78, 5) is 63.6. The fraction of sp³-hybridized carbons (Fsp3) is 0.263. The first-order valence-electron chi connectivity index (χ1n) is 8.85. The third-order valence-electron chi connectivity index (χ3n) is 4.50. The maximum absolute atomic E-state index is 12.8. The fourth-order valence-corrected chi connectivity index (χ4v) is 3.12. The van der Waals surface area contributed by atoms with E-state index in [2.05, 4.69) is 15.6 Å². The number of amides is 2. The molecule has 3 rings (SSSR count). The number of hydrogen-bond acceptors (Lipinski definition) is 6. The van der Waals surface area contributed by atoms with Crippen molar-refractivity contribution in [2.75, 3.05) is 5.32 Å². The van der Waals surface area contributed by atoms with Crippen LogP contribution in [0.3, 0.4) is 0 Å². The summed E-state index contributed by atoms with van der Waals surface area (Å²) in [5.41, 5.74) is -0.327. The van der Waals surface area contributed by atoms with E-state index in [0.717, 1.165) is 0 Å². The molecule has 2 atom stereocenters. The molecule has 0 saturated carbocycles. The van der Waals surface area contributed by atoms with Gasteiger partial charge in [-0.05, 0) is 18.6 Å². The number of carboxylic acid groups (broad SMARTS) is 1. The van der Waals surface area contributed by atoms with E-state index in [-0.39, 0.29) is 12.1 Å². The van der Waals surface area contributed by atoms with Gasteiger partial charge in [-0.3, -0.25) is 23.7 Å². The standard InChI is InChI=1S/C19H18N4O6/c24-10-12(8-16(25)26)21-18(28)14-6-7-15-20-9-13(19(29)23(14)15)22-17(27)11-4-2-1-3-5-11/h1-5,9-10,12,14H,6-8H2,(H,21,28)(H,22,27)(H,25,26). The summed E-state index contributed by atoms with van der Waals surface area (Å²) < 4.78 is 1.17. The number of nitrogens with zero attached hydrogens (tertiary/aromatic N) is 2. The number of nitrogens with one attached hydrogen (secondary N) is 2. The molecule has 1 aliphatic rings. The van der Waals surface area contributed by atoms with Crippen LogP contribution < -0.4 is 16.2 Å². The summed E-state index contributed by atoms with van der Waals surface area (Å²) in [6.45, 7) is 0. The van der Waals surface area contributed by atoms with Gasteiger partial charge < -0.3 is 20.5 Å². The minimum Gasteiger partial charge on any atom is -0.481 e. The fourth-order valence-electron chi connectivity index (χ4n) is 3.12. The zero-order chi connectivity index (χ0) is 21.0. The summed E-state index contributed by atoms with van der Waals surface area (Å²) in [5, 5.41) is 13.6. The van der Waals surface area contributed by atoms with Crippen molar-refractivity contribution in [3.63, 3.8) is 0 Å². The largest absolute Gasteiger partial charge is 0.481 e. The van der Waals surface area contributed by atoms with Gasteiger partial charge in [-0.15, -0.1) is 0 Å². The molecule has 3 N–H and O–H groups in total. The number of carboxylic acids is 1. The number of aldehydes is 1. The minimum atomic E-state index is -1.24. The Kier molecular flexibility index (Phi) is 5.82. The molecule has 0 bridgehead atoms. The highest BCUT2D eigenvalue weighted by molar-refractivity contribution is 6.04. The van der Waals surface area contributed by atoms with Crippen LogP contribution >= 0.6 is 0 Å². The molecule has 0 fully saturated rings. The zero-order valence-electron chi connectivity index (χ0n) is 15.2. The maximum Gasteiger partial charge on any atom is 0.305 e. The van der Waals surface area contributed by atoms with Gasteiger partial charge in [0.25, 0.3) is 11.5 Å². The van der Waals surface area contributed by atoms with E-state index in [4.69, 9.17) is 5.11 Å². The normalized spacial score (nSPS) is 15.8. The molecular formula is C19H18N4O6. The van der Waals surface area contributed by atoms with Crippen molar-refractivity contribution in [2.45, 2.75) is 31.3 Å². The average Bonchev–Trinajstić information content (AvgIpc) is 3.15. The van der Waals surface area contributed by atoms with Crippen LogP contribution in [0, 0.1) is 0 Å². The lowest BCUT2D eigenvalue weighted by Crippen LogP contribution is -2.43. The number of rotatable bonds is 7. The SMILES string of the molecule is O=CC(CC(=O)O)NC(=O)C1CCc2ncc(NC(=O)c3ccccc3)c(=O)n21. The van der Waals surface area contributed by atoms with E-state index in [0.29, 0.717) is 24.1 Å². The number of benzene rings is 1. The summed E-state index contributed by atoms with van der Waals surface area (Å²) in [6, 6.07) is 6.15. The molecular weight excluding hydrogens is 380 g/mol. The first-order chi connectivity index (χ1) is 13.9. The van der Waals surface area contributed by atoms with Crippen LogP contribution in [0.1, 0.15) is 35.1 Å². The van der Waals surface area contributed by atoms with Gasteiger partial charge in [0.15, 0.2) is 0 Å². The molecule has 2 unspecified atom stereocenters. The second-order valence-corrected chi connectivity index (χ2v) is 6.49. The molecule has 0 spiro atoms. The second-order valence-electron chi connectivity index (χ2n) is 6.49. The third kappa shape index (κ3) is 4.37. The van der Waals surface area contributed by atoms with E-state index >= 15 is 0 Å². The summed E-state index contributed by atoms with van der Waals surface area (Å²) in [6.07, 6.45) is 1.64. The Bertz CT molecular complexity index is 1020.